The lowest BCUT2D eigenvalue weighted by Gasteiger charge is -2.15. The summed E-state index contributed by atoms with van der Waals surface area (Å²) in [6.07, 6.45) is 0. The van der Waals surface area contributed by atoms with Gasteiger partial charge < -0.3 is 5.32 Å². The van der Waals surface area contributed by atoms with Crippen molar-refractivity contribution in [2.24, 2.45) is 0 Å². The fourth-order valence-corrected chi connectivity index (χ4v) is 2.01. The van der Waals surface area contributed by atoms with Crippen LogP contribution in [0.5, 0.6) is 0 Å². The molecule has 0 saturated heterocycles. The largest absolute Gasteiger partial charge is 0.345 e. The van der Waals surface area contributed by atoms with Gasteiger partial charge in [0.05, 0.1) is 11.6 Å². The molecular weight excluding hydrogens is 284 g/mol. The van der Waals surface area contributed by atoms with E-state index in [9.17, 15) is 13.6 Å². The molecule has 0 aliphatic carbocycles. The van der Waals surface area contributed by atoms with Crippen molar-refractivity contribution in [3.63, 3.8) is 0 Å². The molecule has 0 bridgehead atoms. The first-order valence-electron chi connectivity index (χ1n) is 5.99. The Kier molecular flexibility index (Phi) is 4.35. The van der Waals surface area contributed by atoms with Crippen LogP contribution in [0.1, 0.15) is 28.9 Å². The maximum Gasteiger partial charge on any atom is 0.254 e. The molecule has 5 heteroatoms. The van der Waals surface area contributed by atoms with E-state index in [1.807, 2.05) is 0 Å². The Labute approximate surface area is 120 Å². The van der Waals surface area contributed by atoms with Crippen molar-refractivity contribution < 1.29 is 13.6 Å². The lowest BCUT2D eigenvalue weighted by atomic mass is 10.1. The summed E-state index contributed by atoms with van der Waals surface area (Å²) in [7, 11) is 0. The fourth-order valence-electron chi connectivity index (χ4n) is 1.81. The minimum absolute atomic E-state index is 0.320. The van der Waals surface area contributed by atoms with Gasteiger partial charge in [0, 0.05) is 5.02 Å². The van der Waals surface area contributed by atoms with Gasteiger partial charge in [-0.3, -0.25) is 4.79 Å². The zero-order chi connectivity index (χ0) is 14.7. The number of amides is 1. The highest BCUT2D eigenvalue weighted by atomic mass is 35.5. The summed E-state index contributed by atoms with van der Waals surface area (Å²) in [4.78, 5) is 11.9. The highest BCUT2D eigenvalue weighted by molar-refractivity contribution is 6.30. The maximum absolute atomic E-state index is 13.5. The summed E-state index contributed by atoms with van der Waals surface area (Å²) in [6, 6.07) is 10.1. The Morgan fingerprint density at radius 2 is 1.90 bits per heavy atom. The van der Waals surface area contributed by atoms with Gasteiger partial charge in [-0.2, -0.15) is 0 Å². The van der Waals surface area contributed by atoms with Crippen LogP contribution in [0.15, 0.2) is 42.5 Å². The second kappa shape index (κ2) is 6.01. The SMILES string of the molecule is CC(NC(=O)c1cccc(F)c1F)c1cccc(Cl)c1. The molecule has 1 N–H and O–H groups in total. The van der Waals surface area contributed by atoms with Gasteiger partial charge in [-0.15, -0.1) is 0 Å². The molecule has 0 spiro atoms. The van der Waals surface area contributed by atoms with Crippen molar-refractivity contribution in [3.8, 4) is 0 Å². The molecule has 0 aliphatic rings. The van der Waals surface area contributed by atoms with Crippen LogP contribution in [0.2, 0.25) is 5.02 Å². The number of nitrogens with one attached hydrogen (secondary N) is 1. The molecule has 2 rings (SSSR count). The lowest BCUT2D eigenvalue weighted by molar-refractivity contribution is 0.0934. The van der Waals surface area contributed by atoms with Crippen molar-refractivity contribution in [2.45, 2.75) is 13.0 Å². The van der Waals surface area contributed by atoms with Crippen LogP contribution in [0.25, 0.3) is 0 Å². The second-order valence-electron chi connectivity index (χ2n) is 4.35. The Balaban J connectivity index is 2.17. The van der Waals surface area contributed by atoms with Gasteiger partial charge >= 0.3 is 0 Å². The van der Waals surface area contributed by atoms with Gasteiger partial charge in [-0.05, 0) is 36.8 Å². The average Bonchev–Trinajstić information content (AvgIpc) is 2.41. The number of rotatable bonds is 3. The topological polar surface area (TPSA) is 29.1 Å². The van der Waals surface area contributed by atoms with E-state index in [4.69, 9.17) is 11.6 Å². The van der Waals surface area contributed by atoms with Crippen LogP contribution >= 0.6 is 11.6 Å². The highest BCUT2D eigenvalue weighted by Crippen LogP contribution is 2.18. The molecular formula is C15H12ClF2NO. The van der Waals surface area contributed by atoms with Gasteiger partial charge in [0.25, 0.3) is 5.91 Å². The molecule has 2 aromatic carbocycles. The van der Waals surface area contributed by atoms with Crippen LogP contribution in [-0.4, -0.2) is 5.91 Å². The van der Waals surface area contributed by atoms with Crippen molar-refractivity contribution in [1.29, 1.82) is 0 Å². The van der Waals surface area contributed by atoms with Gasteiger partial charge in [0.1, 0.15) is 0 Å². The fraction of sp³-hybridized carbons (Fsp3) is 0.133. The van der Waals surface area contributed by atoms with Crippen LogP contribution in [0.3, 0.4) is 0 Å². The van der Waals surface area contributed by atoms with Crippen molar-refractivity contribution in [2.75, 3.05) is 0 Å². The predicted molar refractivity (Wildman–Crippen MR) is 73.7 cm³/mol. The van der Waals surface area contributed by atoms with E-state index in [1.165, 1.54) is 12.1 Å². The molecule has 2 nitrogen and oxygen atoms in total. The first-order chi connectivity index (χ1) is 9.49. The minimum Gasteiger partial charge on any atom is -0.345 e. The lowest BCUT2D eigenvalue weighted by Crippen LogP contribution is -2.27. The normalized spacial score (nSPS) is 12.0. The molecule has 1 amide bonds. The molecule has 0 aliphatic heterocycles. The number of hydrogen-bond acceptors (Lipinski definition) is 1. The first-order valence-corrected chi connectivity index (χ1v) is 6.37. The molecule has 104 valence electrons. The summed E-state index contributed by atoms with van der Waals surface area (Å²) in [5, 5.41) is 3.15. The van der Waals surface area contributed by atoms with E-state index < -0.39 is 17.5 Å². The van der Waals surface area contributed by atoms with Crippen LogP contribution < -0.4 is 5.32 Å². The Hall–Kier alpha value is -1.94. The van der Waals surface area contributed by atoms with Crippen molar-refractivity contribution >= 4 is 17.5 Å². The van der Waals surface area contributed by atoms with E-state index in [0.29, 0.717) is 5.02 Å². The predicted octanol–water partition coefficient (Wildman–Crippen LogP) is 4.11. The summed E-state index contributed by atoms with van der Waals surface area (Å²) < 4.78 is 26.6. The van der Waals surface area contributed by atoms with E-state index in [-0.39, 0.29) is 11.6 Å². The summed E-state index contributed by atoms with van der Waals surface area (Å²) in [6.45, 7) is 1.74. The number of benzene rings is 2. The quantitative estimate of drug-likeness (QED) is 0.907. The van der Waals surface area contributed by atoms with E-state index in [0.717, 1.165) is 11.6 Å². The average molecular weight is 296 g/mol. The van der Waals surface area contributed by atoms with Gasteiger partial charge in [-0.1, -0.05) is 29.8 Å². The molecule has 0 aromatic heterocycles. The standard InChI is InChI=1S/C15H12ClF2NO/c1-9(10-4-2-5-11(16)8-10)19-15(20)12-6-3-7-13(17)14(12)18/h2-9H,1H3,(H,19,20). The maximum atomic E-state index is 13.5. The van der Waals surface area contributed by atoms with Crippen molar-refractivity contribution in [1.82, 2.24) is 5.32 Å². The molecule has 20 heavy (non-hydrogen) atoms. The number of carbonyl (C=O) groups excluding carboxylic acids is 1. The summed E-state index contributed by atoms with van der Waals surface area (Å²) >= 11 is 5.87. The Morgan fingerprint density at radius 1 is 1.20 bits per heavy atom. The minimum atomic E-state index is -1.15. The molecule has 1 unspecified atom stereocenters. The highest BCUT2D eigenvalue weighted by Gasteiger charge is 2.17. The monoisotopic (exact) mass is 295 g/mol. The second-order valence-corrected chi connectivity index (χ2v) is 4.79. The third-order valence-corrected chi connectivity index (χ3v) is 3.13. The first kappa shape index (κ1) is 14.5. The van der Waals surface area contributed by atoms with E-state index in [1.54, 1.807) is 31.2 Å². The summed E-state index contributed by atoms with van der Waals surface area (Å²) in [5.74, 6) is -2.87. The van der Waals surface area contributed by atoms with Gasteiger partial charge in [0.2, 0.25) is 0 Å². The van der Waals surface area contributed by atoms with Crippen molar-refractivity contribution in [3.05, 3.63) is 70.2 Å². The number of carbonyl (C=O) groups is 1. The van der Waals surface area contributed by atoms with E-state index >= 15 is 0 Å². The van der Waals surface area contributed by atoms with Crippen LogP contribution in [0, 0.1) is 11.6 Å². The van der Waals surface area contributed by atoms with Gasteiger partial charge in [-0.25, -0.2) is 8.78 Å². The molecule has 0 radical (unpaired) electrons. The van der Waals surface area contributed by atoms with Gasteiger partial charge in [0.15, 0.2) is 11.6 Å². The Morgan fingerprint density at radius 3 is 2.60 bits per heavy atom. The molecule has 2 aromatic rings. The molecule has 0 saturated carbocycles. The summed E-state index contributed by atoms with van der Waals surface area (Å²) in [5.41, 5.74) is 0.460. The van der Waals surface area contributed by atoms with Crippen LogP contribution in [-0.2, 0) is 0 Å². The zero-order valence-electron chi connectivity index (χ0n) is 10.7. The molecule has 0 heterocycles. The smallest absolute Gasteiger partial charge is 0.254 e. The van der Waals surface area contributed by atoms with E-state index in [2.05, 4.69) is 5.32 Å². The number of hydrogen-bond donors (Lipinski definition) is 1. The zero-order valence-corrected chi connectivity index (χ0v) is 11.4. The van der Waals surface area contributed by atoms with Crippen LogP contribution in [0.4, 0.5) is 8.78 Å². The molecule has 1 atom stereocenters. The number of halogens is 3. The Bertz CT molecular complexity index is 646. The third-order valence-electron chi connectivity index (χ3n) is 2.89. The third kappa shape index (κ3) is 3.14. The molecule has 0 fully saturated rings.